The Morgan fingerprint density at radius 1 is 1.41 bits per heavy atom. The van der Waals surface area contributed by atoms with Gasteiger partial charge in [0.05, 0.1) is 10.9 Å². The highest BCUT2D eigenvalue weighted by Gasteiger charge is 2.11. The van der Waals surface area contributed by atoms with Gasteiger partial charge in [-0.05, 0) is 28.1 Å². The Kier molecular flexibility index (Phi) is 2.84. The average molecular weight is 299 g/mol. The molecule has 0 aliphatic rings. The number of carbonyl (C=O) groups is 1. The fraction of sp³-hybridized carbons (Fsp3) is 0.100. The highest BCUT2D eigenvalue weighted by molar-refractivity contribution is 9.10. The molecular weight excluding hydrogens is 292 g/mol. The van der Waals surface area contributed by atoms with E-state index in [1.807, 2.05) is 0 Å². The molecule has 0 bridgehead atoms. The van der Waals surface area contributed by atoms with Crippen LogP contribution in [0.4, 0.5) is 0 Å². The standard InChI is InChI=1S/C10H7BrN2O4/c11-5-2-1-3-6-8(5)9(16)12-10(17)13(6)4-7(14)15/h1-3H,4H2,(H,14,15)(H,12,16,17). The Labute approximate surface area is 103 Å². The summed E-state index contributed by atoms with van der Waals surface area (Å²) in [5.74, 6) is -1.15. The van der Waals surface area contributed by atoms with E-state index in [0.29, 0.717) is 4.47 Å². The van der Waals surface area contributed by atoms with Crippen molar-refractivity contribution in [1.29, 1.82) is 0 Å². The predicted octanol–water partition coefficient (Wildman–Crippen LogP) is 0.537. The quantitative estimate of drug-likeness (QED) is 0.846. The first-order valence-electron chi connectivity index (χ1n) is 4.64. The van der Waals surface area contributed by atoms with Gasteiger partial charge >= 0.3 is 11.7 Å². The van der Waals surface area contributed by atoms with Crippen LogP contribution in [0.1, 0.15) is 0 Å². The minimum Gasteiger partial charge on any atom is -0.480 e. The van der Waals surface area contributed by atoms with Gasteiger partial charge in [0.25, 0.3) is 5.56 Å². The molecule has 1 heterocycles. The van der Waals surface area contributed by atoms with Gasteiger partial charge < -0.3 is 5.11 Å². The van der Waals surface area contributed by atoms with Crippen LogP contribution < -0.4 is 11.2 Å². The molecule has 0 spiro atoms. The van der Waals surface area contributed by atoms with Gasteiger partial charge in [0.15, 0.2) is 0 Å². The lowest BCUT2D eigenvalue weighted by molar-refractivity contribution is -0.137. The molecule has 1 aromatic carbocycles. The molecule has 88 valence electrons. The Hall–Kier alpha value is -1.89. The molecular formula is C10H7BrN2O4. The topological polar surface area (TPSA) is 92.2 Å². The zero-order valence-electron chi connectivity index (χ0n) is 8.44. The molecule has 17 heavy (non-hydrogen) atoms. The molecule has 2 aromatic rings. The molecule has 0 amide bonds. The van der Waals surface area contributed by atoms with Gasteiger partial charge in [0.1, 0.15) is 6.54 Å². The van der Waals surface area contributed by atoms with Gasteiger partial charge in [-0.3, -0.25) is 19.1 Å². The number of hydrogen-bond donors (Lipinski definition) is 2. The van der Waals surface area contributed by atoms with Crippen LogP contribution in [-0.4, -0.2) is 20.6 Å². The summed E-state index contributed by atoms with van der Waals surface area (Å²) in [6.07, 6.45) is 0. The summed E-state index contributed by atoms with van der Waals surface area (Å²) in [5, 5.41) is 8.98. The number of aromatic amines is 1. The maximum absolute atomic E-state index is 11.6. The van der Waals surface area contributed by atoms with Crippen LogP contribution in [0.3, 0.4) is 0 Å². The van der Waals surface area contributed by atoms with E-state index in [4.69, 9.17) is 5.11 Å². The second-order valence-electron chi connectivity index (χ2n) is 3.37. The van der Waals surface area contributed by atoms with Crippen LogP contribution in [0.2, 0.25) is 0 Å². The van der Waals surface area contributed by atoms with Crippen LogP contribution in [-0.2, 0) is 11.3 Å². The summed E-state index contributed by atoms with van der Waals surface area (Å²) in [6.45, 7) is -0.497. The Bertz CT molecular complexity index is 716. The van der Waals surface area contributed by atoms with Crippen molar-refractivity contribution < 1.29 is 9.90 Å². The van der Waals surface area contributed by atoms with E-state index in [1.54, 1.807) is 12.1 Å². The molecule has 6 nitrogen and oxygen atoms in total. The Balaban J connectivity index is 2.93. The molecule has 0 unspecified atom stereocenters. The summed E-state index contributed by atoms with van der Waals surface area (Å²) in [4.78, 5) is 35.9. The number of nitrogens with one attached hydrogen (secondary N) is 1. The number of fused-ring (bicyclic) bond motifs is 1. The largest absolute Gasteiger partial charge is 0.480 e. The summed E-state index contributed by atoms with van der Waals surface area (Å²) < 4.78 is 1.51. The molecule has 0 atom stereocenters. The lowest BCUT2D eigenvalue weighted by Gasteiger charge is -2.07. The number of halogens is 1. The number of aromatic nitrogens is 2. The second kappa shape index (κ2) is 4.17. The second-order valence-corrected chi connectivity index (χ2v) is 4.23. The molecule has 0 radical (unpaired) electrons. The van der Waals surface area contributed by atoms with Gasteiger partial charge in [0, 0.05) is 4.47 Å². The molecule has 0 aliphatic carbocycles. The van der Waals surface area contributed by atoms with E-state index in [9.17, 15) is 14.4 Å². The minimum absolute atomic E-state index is 0.258. The summed E-state index contributed by atoms with van der Waals surface area (Å²) >= 11 is 3.19. The first kappa shape index (κ1) is 11.6. The number of benzene rings is 1. The van der Waals surface area contributed by atoms with E-state index in [-0.39, 0.29) is 10.9 Å². The minimum atomic E-state index is -1.15. The van der Waals surface area contributed by atoms with Crippen molar-refractivity contribution in [2.75, 3.05) is 0 Å². The predicted molar refractivity (Wildman–Crippen MR) is 64.2 cm³/mol. The first-order valence-corrected chi connectivity index (χ1v) is 5.43. The van der Waals surface area contributed by atoms with Crippen molar-refractivity contribution in [3.63, 3.8) is 0 Å². The third kappa shape index (κ3) is 2.01. The maximum Gasteiger partial charge on any atom is 0.329 e. The maximum atomic E-state index is 11.6. The molecule has 0 saturated heterocycles. The van der Waals surface area contributed by atoms with E-state index < -0.39 is 23.8 Å². The number of nitrogens with zero attached hydrogens (tertiary/aromatic N) is 1. The fourth-order valence-corrected chi connectivity index (χ4v) is 2.13. The van der Waals surface area contributed by atoms with E-state index in [2.05, 4.69) is 20.9 Å². The Morgan fingerprint density at radius 3 is 2.76 bits per heavy atom. The molecule has 1 aromatic heterocycles. The molecule has 0 saturated carbocycles. The van der Waals surface area contributed by atoms with E-state index in [0.717, 1.165) is 4.57 Å². The molecule has 0 fully saturated rings. The number of carboxylic acids is 1. The lowest BCUT2D eigenvalue weighted by atomic mass is 10.2. The molecule has 7 heteroatoms. The molecule has 2 N–H and O–H groups in total. The molecule has 0 aliphatic heterocycles. The number of hydrogen-bond acceptors (Lipinski definition) is 3. The number of H-pyrrole nitrogens is 1. The van der Waals surface area contributed by atoms with Gasteiger partial charge in [0.2, 0.25) is 0 Å². The zero-order chi connectivity index (χ0) is 12.6. The van der Waals surface area contributed by atoms with E-state index >= 15 is 0 Å². The van der Waals surface area contributed by atoms with Crippen LogP contribution in [0.15, 0.2) is 32.3 Å². The van der Waals surface area contributed by atoms with Crippen molar-refractivity contribution in [2.24, 2.45) is 0 Å². The van der Waals surface area contributed by atoms with Crippen molar-refractivity contribution in [3.8, 4) is 0 Å². The summed E-state index contributed by atoms with van der Waals surface area (Å²) in [5.41, 5.74) is -0.988. The summed E-state index contributed by atoms with van der Waals surface area (Å²) in [7, 11) is 0. The van der Waals surface area contributed by atoms with Crippen LogP contribution >= 0.6 is 15.9 Å². The summed E-state index contributed by atoms with van der Waals surface area (Å²) in [6, 6.07) is 4.80. The van der Waals surface area contributed by atoms with Crippen molar-refractivity contribution in [3.05, 3.63) is 43.5 Å². The Morgan fingerprint density at radius 2 is 2.12 bits per heavy atom. The van der Waals surface area contributed by atoms with Crippen LogP contribution in [0.25, 0.3) is 10.9 Å². The third-order valence-electron chi connectivity index (χ3n) is 2.27. The number of aliphatic carboxylic acids is 1. The van der Waals surface area contributed by atoms with Crippen molar-refractivity contribution >= 4 is 32.8 Å². The fourth-order valence-electron chi connectivity index (χ4n) is 1.59. The van der Waals surface area contributed by atoms with Crippen molar-refractivity contribution in [1.82, 2.24) is 9.55 Å². The smallest absolute Gasteiger partial charge is 0.329 e. The van der Waals surface area contributed by atoms with Crippen LogP contribution in [0, 0.1) is 0 Å². The highest BCUT2D eigenvalue weighted by Crippen LogP contribution is 2.18. The van der Waals surface area contributed by atoms with Gasteiger partial charge in [-0.2, -0.15) is 0 Å². The SMILES string of the molecule is O=C(O)Cn1c(=O)[nH]c(=O)c2c(Br)cccc21. The normalized spacial score (nSPS) is 10.6. The number of rotatable bonds is 2. The zero-order valence-corrected chi connectivity index (χ0v) is 10.0. The van der Waals surface area contributed by atoms with Gasteiger partial charge in [-0.1, -0.05) is 6.07 Å². The average Bonchev–Trinajstić information content (AvgIpc) is 2.23. The van der Waals surface area contributed by atoms with E-state index in [1.165, 1.54) is 6.07 Å². The van der Waals surface area contributed by atoms with Crippen LogP contribution in [0.5, 0.6) is 0 Å². The monoisotopic (exact) mass is 298 g/mol. The van der Waals surface area contributed by atoms with Gasteiger partial charge in [-0.15, -0.1) is 0 Å². The number of carboxylic acid groups (broad SMARTS) is 1. The van der Waals surface area contributed by atoms with Gasteiger partial charge in [-0.25, -0.2) is 4.79 Å². The lowest BCUT2D eigenvalue weighted by Crippen LogP contribution is -2.32. The molecule has 2 rings (SSSR count). The third-order valence-corrected chi connectivity index (χ3v) is 2.93. The first-order chi connectivity index (χ1) is 8.00. The highest BCUT2D eigenvalue weighted by atomic mass is 79.9. The van der Waals surface area contributed by atoms with Crippen molar-refractivity contribution in [2.45, 2.75) is 6.54 Å².